The summed E-state index contributed by atoms with van der Waals surface area (Å²) in [4.78, 5) is 35.0. The van der Waals surface area contributed by atoms with Gasteiger partial charge < -0.3 is 5.11 Å². The van der Waals surface area contributed by atoms with Crippen molar-refractivity contribution < 1.29 is 44.8 Å². The maximum atomic E-state index is 11.0. The van der Waals surface area contributed by atoms with Gasteiger partial charge in [0.2, 0.25) is 0 Å². The molecule has 0 fully saturated rings. The van der Waals surface area contributed by atoms with E-state index in [1.165, 1.54) is 30.2 Å². The van der Waals surface area contributed by atoms with E-state index in [1.54, 1.807) is 38.1 Å². The molecule has 0 aromatic heterocycles. The maximum Gasteiger partial charge on any atom is 0.335 e. The molecule has 1 N–H and O–H groups in total. The fraction of sp³-hybridized carbons (Fsp3) is 0.364. The largest absolute Gasteiger partial charge is 0.478 e. The molecule has 0 aliphatic heterocycles. The number of carbonyl (C=O) groups is 3. The van der Waals surface area contributed by atoms with Crippen LogP contribution in [0.4, 0.5) is 0 Å². The van der Waals surface area contributed by atoms with Gasteiger partial charge in [0.15, 0.2) is 27.1 Å². The number of carbonyl (C=O) groups excluding carboxylic acids is 2. The molecule has 2 atom stereocenters. The number of hydrogen-bond acceptors (Lipinski definition) is 5. The van der Waals surface area contributed by atoms with Crippen LogP contribution in [0.5, 0.6) is 0 Å². The Balaban J connectivity index is -0.000000156. The first-order chi connectivity index (χ1) is 20.0. The molecule has 11 heteroatoms. The first-order valence-corrected chi connectivity index (χ1v) is 18.9. The molecule has 44 heavy (non-hydrogen) atoms. The molecule has 0 spiro atoms. The standard InChI is InChI=1S/C9H10ClOS.C9H9ClOS.C8H8O3S.3C2H6.CH4.W/c1-7(11)8-4-3-5-9(6-8)12(2)10;1-7(11)8-3-2-4-9(5-8)12-6-10;1-12(11)7-4-2-3-6(5-7)8(9)10;3*1-2;;/h3-6H,1-2H3;2-5H,6H2,1H3;2-5H,1H3,(H,9,10);3*1-2H3;1H4;/q+1;;;;;;;. The zero-order chi connectivity index (χ0) is 33.3. The normalized spacial score (nSPS) is 9.91. The van der Waals surface area contributed by atoms with E-state index >= 15 is 0 Å². The third-order valence-electron chi connectivity index (χ3n) is 4.44. The number of thioether (sulfide) groups is 1. The third-order valence-corrected chi connectivity index (χ3v) is 7.82. The molecule has 3 rings (SSSR count). The Labute approximate surface area is 299 Å². The molecule has 0 saturated heterocycles. The molecule has 0 aliphatic rings. The topological polar surface area (TPSA) is 88.5 Å². The van der Waals surface area contributed by atoms with Crippen molar-refractivity contribution in [3.05, 3.63) is 89.5 Å². The van der Waals surface area contributed by atoms with Crippen molar-refractivity contribution in [1.82, 2.24) is 0 Å². The number of aromatic carboxylic acids is 1. The van der Waals surface area contributed by atoms with Crippen molar-refractivity contribution in [3.63, 3.8) is 0 Å². The van der Waals surface area contributed by atoms with Crippen molar-refractivity contribution in [2.75, 3.05) is 17.7 Å². The number of carboxylic acids is 1. The Morgan fingerprint density at radius 2 is 1.23 bits per heavy atom. The molecule has 3 aromatic rings. The van der Waals surface area contributed by atoms with Crippen LogP contribution in [0.2, 0.25) is 0 Å². The Hall–Kier alpha value is -1.41. The van der Waals surface area contributed by atoms with Crippen molar-refractivity contribution in [2.45, 2.75) is 77.5 Å². The first kappa shape index (κ1) is 52.1. The van der Waals surface area contributed by atoms with Crippen LogP contribution in [0.15, 0.2) is 87.5 Å². The van der Waals surface area contributed by atoms with Crippen molar-refractivity contribution in [2.24, 2.45) is 0 Å². The molecule has 2 unspecified atom stereocenters. The molecule has 0 bridgehead atoms. The van der Waals surface area contributed by atoms with Crippen LogP contribution >= 0.6 is 34.0 Å². The summed E-state index contributed by atoms with van der Waals surface area (Å²) >= 11 is 7.07. The van der Waals surface area contributed by atoms with Crippen molar-refractivity contribution in [1.29, 1.82) is 0 Å². The van der Waals surface area contributed by atoms with Crippen LogP contribution < -0.4 is 0 Å². The number of alkyl halides is 1. The van der Waals surface area contributed by atoms with Crippen molar-refractivity contribution >= 4 is 72.5 Å². The van der Waals surface area contributed by atoms with Gasteiger partial charge in [0.05, 0.1) is 10.8 Å². The Morgan fingerprint density at radius 3 is 1.64 bits per heavy atom. The summed E-state index contributed by atoms with van der Waals surface area (Å²) in [5.74, 6) is -0.826. The fourth-order valence-corrected chi connectivity index (χ4v) is 4.86. The van der Waals surface area contributed by atoms with E-state index in [9.17, 15) is 18.6 Å². The van der Waals surface area contributed by atoms with E-state index in [4.69, 9.17) is 27.4 Å². The molecule has 0 radical (unpaired) electrons. The van der Waals surface area contributed by atoms with Crippen LogP contribution in [-0.2, 0) is 42.0 Å². The Morgan fingerprint density at radius 1 is 0.795 bits per heavy atom. The van der Waals surface area contributed by atoms with Gasteiger partial charge in [-0.25, -0.2) is 4.79 Å². The molecule has 0 heterocycles. The zero-order valence-electron chi connectivity index (χ0n) is 26.6. The predicted octanol–water partition coefficient (Wildman–Crippen LogP) is 10.7. The molecule has 0 aliphatic carbocycles. The number of benzene rings is 3. The van der Waals surface area contributed by atoms with Gasteiger partial charge in [-0.15, -0.1) is 23.4 Å². The van der Waals surface area contributed by atoms with Gasteiger partial charge in [-0.1, -0.05) is 79.3 Å². The van der Waals surface area contributed by atoms with Crippen LogP contribution in [0, 0.1) is 0 Å². The summed E-state index contributed by atoms with van der Waals surface area (Å²) < 4.78 is 10.9. The van der Waals surface area contributed by atoms with Gasteiger partial charge in [0.25, 0.3) is 0 Å². The SMILES string of the molecule is C.CC.CC.CC.CC(=O)c1cccc(SCCl)c1.CC(=O)c1cccc([S+](C)Cl)c1.CS(=O)c1cccc(C(=O)O)c1.[W]. The molecular weight excluding hydrogens is 827 g/mol. The van der Waals surface area contributed by atoms with Crippen LogP contribution in [0.1, 0.15) is 93.9 Å². The summed E-state index contributed by atoms with van der Waals surface area (Å²) in [6, 6.07) is 21.0. The summed E-state index contributed by atoms with van der Waals surface area (Å²) in [6.45, 7) is 15.1. The Bertz CT molecular complexity index is 1200. The smallest absolute Gasteiger partial charge is 0.335 e. The van der Waals surface area contributed by atoms with Gasteiger partial charge in [-0.2, -0.15) is 0 Å². The van der Waals surface area contributed by atoms with E-state index in [1.807, 2.05) is 84.2 Å². The monoisotopic (exact) mass is 875 g/mol. The fourth-order valence-electron chi connectivity index (χ4n) is 2.57. The molecule has 0 saturated carbocycles. The van der Waals surface area contributed by atoms with Gasteiger partial charge in [0, 0.05) is 65.1 Å². The second kappa shape index (κ2) is 33.0. The summed E-state index contributed by atoms with van der Waals surface area (Å²) in [6.07, 6.45) is 3.43. The molecule has 0 amide bonds. The number of carboxylic acid groups (broad SMARTS) is 1. The second-order valence-corrected chi connectivity index (χ2v) is 12.9. The second-order valence-electron chi connectivity index (χ2n) is 7.14. The summed E-state index contributed by atoms with van der Waals surface area (Å²) in [5, 5.41) is 9.11. The zero-order valence-corrected chi connectivity index (χ0v) is 33.5. The minimum atomic E-state index is -1.12. The predicted molar refractivity (Wildman–Crippen MR) is 193 cm³/mol. The van der Waals surface area contributed by atoms with Gasteiger partial charge in [-0.05, 0) is 50.2 Å². The van der Waals surface area contributed by atoms with Crippen LogP contribution in [0.25, 0.3) is 0 Å². The van der Waals surface area contributed by atoms with E-state index < -0.39 is 16.8 Å². The minimum Gasteiger partial charge on any atom is -0.478 e. The van der Waals surface area contributed by atoms with Crippen molar-refractivity contribution in [3.8, 4) is 0 Å². The number of ketones is 2. The average Bonchev–Trinajstić information content (AvgIpc) is 3.01. The third kappa shape index (κ3) is 23.9. The number of hydrogen-bond donors (Lipinski definition) is 1. The van der Waals surface area contributed by atoms with E-state index in [0.717, 1.165) is 20.9 Å². The van der Waals surface area contributed by atoms with Gasteiger partial charge >= 0.3 is 5.97 Å². The van der Waals surface area contributed by atoms with Gasteiger partial charge in [0.1, 0.15) is 16.4 Å². The Kier molecular flexibility index (Phi) is 39.1. The summed E-state index contributed by atoms with van der Waals surface area (Å²) in [7, 11) is 4.49. The quantitative estimate of drug-likeness (QED) is 0.110. The minimum absolute atomic E-state index is 0. The number of Topliss-reactive ketones (excluding diaryl/α,β-unsaturated/α-hetero) is 2. The van der Waals surface area contributed by atoms with E-state index in [0.29, 0.717) is 10.1 Å². The molecule has 3 aromatic carbocycles. The van der Waals surface area contributed by atoms with Crippen LogP contribution in [-0.4, -0.2) is 44.6 Å². The average molecular weight is 877 g/mol. The molecular formula is C33H49Cl2O5S3W+. The van der Waals surface area contributed by atoms with E-state index in [-0.39, 0.29) is 55.7 Å². The summed E-state index contributed by atoms with van der Waals surface area (Å²) in [5.41, 5.74) is 1.64. The van der Waals surface area contributed by atoms with E-state index in [2.05, 4.69) is 0 Å². The number of rotatable bonds is 7. The maximum absolute atomic E-state index is 11.0. The van der Waals surface area contributed by atoms with Gasteiger partial charge in [-0.3, -0.25) is 13.8 Å². The van der Waals surface area contributed by atoms with Crippen LogP contribution in [0.3, 0.4) is 0 Å². The molecule has 248 valence electrons. The number of halogens is 2. The molecule has 5 nitrogen and oxygen atoms in total. The first-order valence-electron chi connectivity index (χ1n) is 13.4.